The van der Waals surface area contributed by atoms with Crippen molar-refractivity contribution in [3.8, 4) is 11.5 Å². The van der Waals surface area contributed by atoms with Crippen LogP contribution in [0.2, 0.25) is 10.0 Å². The van der Waals surface area contributed by atoms with Crippen LogP contribution in [0.25, 0.3) is 6.08 Å². The van der Waals surface area contributed by atoms with E-state index in [0.717, 1.165) is 16.9 Å². The Morgan fingerprint density at radius 2 is 1.72 bits per heavy atom. The first-order valence-electron chi connectivity index (χ1n) is 11.2. The van der Waals surface area contributed by atoms with Gasteiger partial charge in [0.2, 0.25) is 0 Å². The predicted octanol–water partition coefficient (Wildman–Crippen LogP) is 7.44. The van der Waals surface area contributed by atoms with Crippen LogP contribution in [0.3, 0.4) is 0 Å². The van der Waals surface area contributed by atoms with Crippen LogP contribution in [0.4, 0.5) is 11.4 Å². The van der Waals surface area contributed by atoms with Gasteiger partial charge in [0, 0.05) is 24.8 Å². The van der Waals surface area contributed by atoms with Gasteiger partial charge in [-0.15, -0.1) is 0 Å². The number of halogens is 2. The van der Waals surface area contributed by atoms with Crippen molar-refractivity contribution in [1.82, 2.24) is 0 Å². The van der Waals surface area contributed by atoms with Crippen LogP contribution in [0.1, 0.15) is 18.1 Å². The van der Waals surface area contributed by atoms with E-state index in [0.29, 0.717) is 49.5 Å². The summed E-state index contributed by atoms with van der Waals surface area (Å²) < 4.78 is 12.3. The average Bonchev–Trinajstić information content (AvgIpc) is 3.12. The van der Waals surface area contributed by atoms with Gasteiger partial charge < -0.3 is 14.4 Å². The molecule has 1 fully saturated rings. The lowest BCUT2D eigenvalue weighted by molar-refractivity contribution is -0.113. The highest BCUT2D eigenvalue weighted by atomic mass is 35.5. The lowest BCUT2D eigenvalue weighted by atomic mass is 10.1. The lowest BCUT2D eigenvalue weighted by Gasteiger charge is -2.17. The highest BCUT2D eigenvalue weighted by molar-refractivity contribution is 8.27. The number of benzene rings is 3. The molecule has 1 saturated heterocycles. The Morgan fingerprint density at radius 1 is 1.03 bits per heavy atom. The number of nitrogens with zero attached hydrogens (tertiary/aromatic N) is 2. The first kappa shape index (κ1) is 26.4. The van der Waals surface area contributed by atoms with E-state index in [4.69, 9.17) is 44.9 Å². The van der Waals surface area contributed by atoms with E-state index in [9.17, 15) is 4.79 Å². The minimum Gasteiger partial charge on any atom is -0.490 e. The van der Waals surface area contributed by atoms with Gasteiger partial charge in [-0.25, -0.2) is 0 Å². The maximum atomic E-state index is 13.2. The molecule has 3 aromatic carbocycles. The second kappa shape index (κ2) is 11.6. The van der Waals surface area contributed by atoms with E-state index < -0.39 is 0 Å². The number of carbonyl (C=O) groups excluding carboxylic acids is 1. The maximum absolute atomic E-state index is 13.2. The summed E-state index contributed by atoms with van der Waals surface area (Å²) in [5, 5.41) is 1.04. The van der Waals surface area contributed by atoms with E-state index >= 15 is 0 Å². The van der Waals surface area contributed by atoms with Gasteiger partial charge in [0.1, 0.15) is 6.61 Å². The van der Waals surface area contributed by atoms with E-state index in [1.165, 1.54) is 11.8 Å². The second-order valence-corrected chi connectivity index (χ2v) is 10.6. The van der Waals surface area contributed by atoms with Crippen LogP contribution in [0.15, 0.2) is 65.6 Å². The number of hydrogen-bond donors (Lipinski definition) is 0. The Hall–Kier alpha value is -2.71. The van der Waals surface area contributed by atoms with E-state index in [2.05, 4.69) is 0 Å². The number of hydrogen-bond acceptors (Lipinski definition) is 6. The van der Waals surface area contributed by atoms with Gasteiger partial charge in [-0.1, -0.05) is 59.3 Å². The van der Waals surface area contributed by atoms with Gasteiger partial charge in [0.25, 0.3) is 5.91 Å². The van der Waals surface area contributed by atoms with Crippen LogP contribution in [-0.4, -0.2) is 30.9 Å². The highest BCUT2D eigenvalue weighted by Crippen LogP contribution is 2.40. The smallest absolute Gasteiger partial charge is 0.270 e. The van der Waals surface area contributed by atoms with Crippen molar-refractivity contribution in [3.63, 3.8) is 0 Å². The Morgan fingerprint density at radius 3 is 2.36 bits per heavy atom. The fourth-order valence-corrected chi connectivity index (χ4v) is 5.25. The SMILES string of the molecule is CCOc1cc(C=C2SC(=S)N(c3ccc(N(C)C)cc3)C2=O)cc(Cl)c1OCc1ccc(Cl)cc1. The molecule has 0 unspecified atom stereocenters. The van der Waals surface area contributed by atoms with Crippen molar-refractivity contribution in [2.24, 2.45) is 0 Å². The second-order valence-electron chi connectivity index (χ2n) is 8.11. The lowest BCUT2D eigenvalue weighted by Crippen LogP contribution is -2.27. The molecular weight excluding hydrogens is 535 g/mol. The minimum atomic E-state index is -0.181. The monoisotopic (exact) mass is 558 g/mol. The summed E-state index contributed by atoms with van der Waals surface area (Å²) in [4.78, 5) is 17.3. The number of anilines is 2. The van der Waals surface area contributed by atoms with Crippen LogP contribution in [0.5, 0.6) is 11.5 Å². The number of amides is 1. The minimum absolute atomic E-state index is 0.181. The summed E-state index contributed by atoms with van der Waals surface area (Å²) in [6, 6.07) is 18.6. The molecule has 5 nitrogen and oxygen atoms in total. The van der Waals surface area contributed by atoms with Crippen LogP contribution < -0.4 is 19.3 Å². The summed E-state index contributed by atoms with van der Waals surface area (Å²) in [5.74, 6) is 0.763. The summed E-state index contributed by atoms with van der Waals surface area (Å²) >= 11 is 19.3. The van der Waals surface area contributed by atoms with Crippen LogP contribution in [-0.2, 0) is 11.4 Å². The molecule has 4 rings (SSSR count). The Kier molecular flexibility index (Phi) is 8.46. The molecule has 1 amide bonds. The first-order valence-corrected chi connectivity index (χ1v) is 13.1. The number of ether oxygens (including phenoxy) is 2. The van der Waals surface area contributed by atoms with Crippen LogP contribution in [0, 0.1) is 0 Å². The molecule has 1 aliphatic rings. The molecule has 0 radical (unpaired) electrons. The van der Waals surface area contributed by atoms with Gasteiger partial charge in [-0.3, -0.25) is 9.69 Å². The topological polar surface area (TPSA) is 42.0 Å². The van der Waals surface area contributed by atoms with Crippen molar-refractivity contribution in [1.29, 1.82) is 0 Å². The molecule has 0 bridgehead atoms. The van der Waals surface area contributed by atoms with Crippen molar-refractivity contribution < 1.29 is 14.3 Å². The number of rotatable bonds is 8. The third-order valence-corrected chi connectivity index (χ3v) is 7.18. The Balaban J connectivity index is 1.57. The van der Waals surface area contributed by atoms with E-state index in [-0.39, 0.29) is 5.91 Å². The number of thiocarbonyl (C=S) groups is 1. The molecule has 0 saturated carbocycles. The van der Waals surface area contributed by atoms with Gasteiger partial charge in [0.05, 0.1) is 22.2 Å². The molecular formula is C27H24Cl2N2O3S2. The zero-order chi connectivity index (χ0) is 25.8. The number of carbonyl (C=O) groups is 1. The molecule has 0 N–H and O–H groups in total. The van der Waals surface area contributed by atoms with Gasteiger partial charge in [0.15, 0.2) is 15.8 Å². The zero-order valence-corrected chi connectivity index (χ0v) is 23.1. The standard InChI is InChI=1S/C27H24Cl2N2O3S2/c1-4-33-23-14-18(13-22(29)25(23)34-16-17-5-7-19(28)8-6-17)15-24-26(32)31(27(35)36-24)21-11-9-20(10-12-21)30(2)3/h5-15H,4,16H2,1-3H3. The molecule has 36 heavy (non-hydrogen) atoms. The van der Waals surface area contributed by atoms with E-state index in [1.54, 1.807) is 29.2 Å². The van der Waals surface area contributed by atoms with Crippen molar-refractivity contribution in [2.45, 2.75) is 13.5 Å². The van der Waals surface area contributed by atoms with Gasteiger partial charge in [-0.05, 0) is 72.7 Å². The first-order chi connectivity index (χ1) is 17.3. The number of thioether (sulfide) groups is 1. The molecule has 1 aliphatic heterocycles. The maximum Gasteiger partial charge on any atom is 0.270 e. The molecule has 186 valence electrons. The quantitative estimate of drug-likeness (QED) is 0.211. The van der Waals surface area contributed by atoms with Crippen molar-refractivity contribution in [2.75, 3.05) is 30.5 Å². The molecule has 3 aromatic rings. The third-order valence-electron chi connectivity index (χ3n) is 5.34. The summed E-state index contributed by atoms with van der Waals surface area (Å²) in [6.07, 6.45) is 1.77. The van der Waals surface area contributed by atoms with Crippen LogP contribution >= 0.6 is 47.2 Å². The Labute approximate surface area is 230 Å². The van der Waals surface area contributed by atoms with Gasteiger partial charge in [-0.2, -0.15) is 0 Å². The predicted molar refractivity (Wildman–Crippen MR) is 155 cm³/mol. The molecule has 0 aromatic heterocycles. The normalized spacial score (nSPS) is 14.5. The zero-order valence-electron chi connectivity index (χ0n) is 20.0. The van der Waals surface area contributed by atoms with Crippen molar-refractivity contribution >= 4 is 74.9 Å². The summed E-state index contributed by atoms with van der Waals surface area (Å²) in [6.45, 7) is 2.62. The summed E-state index contributed by atoms with van der Waals surface area (Å²) in [5.41, 5.74) is 3.43. The fraction of sp³-hybridized carbons (Fsp3) is 0.185. The third kappa shape index (κ3) is 5.98. The largest absolute Gasteiger partial charge is 0.490 e. The Bertz CT molecular complexity index is 1310. The molecule has 1 heterocycles. The van der Waals surface area contributed by atoms with Gasteiger partial charge >= 0.3 is 0 Å². The molecule has 9 heteroatoms. The molecule has 0 spiro atoms. The highest BCUT2D eigenvalue weighted by Gasteiger charge is 2.33. The summed E-state index contributed by atoms with van der Waals surface area (Å²) in [7, 11) is 3.93. The molecule has 0 atom stereocenters. The van der Waals surface area contributed by atoms with Crippen molar-refractivity contribution in [3.05, 3.63) is 86.7 Å². The average molecular weight is 560 g/mol. The van der Waals surface area contributed by atoms with E-state index in [1.807, 2.05) is 68.4 Å². The molecule has 0 aliphatic carbocycles. The fourth-order valence-electron chi connectivity index (χ4n) is 3.55.